The Labute approximate surface area is 305 Å². The molecule has 258 valence electrons. The largest absolute Gasteiger partial charge is 0.341 e. The molecular weight excluding hydrogens is 658 g/mol. The normalized spacial score (nSPS) is 21.7. The van der Waals surface area contributed by atoms with E-state index in [2.05, 4.69) is 128 Å². The minimum Gasteiger partial charge on any atom is -0.341 e. The number of fused-ring (bicyclic) bond motifs is 6. The highest BCUT2D eigenvalue weighted by molar-refractivity contribution is 7.90. The van der Waals surface area contributed by atoms with E-state index in [9.17, 15) is 0 Å². The van der Waals surface area contributed by atoms with E-state index in [0.29, 0.717) is 11.3 Å². The maximum Gasteiger partial charge on any atom is 0.123 e. The summed E-state index contributed by atoms with van der Waals surface area (Å²) in [6.45, 7) is 2.68. The van der Waals surface area contributed by atoms with Gasteiger partial charge in [0.2, 0.25) is 0 Å². The summed E-state index contributed by atoms with van der Waals surface area (Å²) in [5, 5.41) is 8.51. The van der Waals surface area contributed by atoms with Gasteiger partial charge in [0, 0.05) is 53.6 Å². The zero-order valence-electron chi connectivity index (χ0n) is 30.3. The highest BCUT2D eigenvalue weighted by Gasteiger charge is 2.50. The maximum atomic E-state index is 4.96. The van der Waals surface area contributed by atoms with Crippen molar-refractivity contribution in [1.82, 2.24) is 9.97 Å². The van der Waals surface area contributed by atoms with E-state index < -0.39 is 15.2 Å². The van der Waals surface area contributed by atoms with Crippen LogP contribution in [0.1, 0.15) is 64.2 Å². The fourth-order valence-electron chi connectivity index (χ4n) is 9.63. The van der Waals surface area contributed by atoms with Gasteiger partial charge in [-0.25, -0.2) is 0 Å². The van der Waals surface area contributed by atoms with Crippen molar-refractivity contribution in [3.05, 3.63) is 109 Å². The van der Waals surface area contributed by atoms with Crippen LogP contribution in [0.4, 0.5) is 22.7 Å². The first-order chi connectivity index (χ1) is 25.0. The van der Waals surface area contributed by atoms with Gasteiger partial charge in [-0.3, -0.25) is 9.97 Å². The van der Waals surface area contributed by atoms with Crippen molar-refractivity contribution in [2.24, 2.45) is 0 Å². The number of benzene rings is 4. The number of hydrogen-bond acceptors (Lipinski definition) is 4. The van der Waals surface area contributed by atoms with Gasteiger partial charge in [0.15, 0.2) is 0 Å². The minimum absolute atomic E-state index is 0.623. The molecule has 0 saturated heterocycles. The lowest BCUT2D eigenvalue weighted by molar-refractivity contribution is 0.511. The van der Waals surface area contributed by atoms with Crippen LogP contribution in [0.15, 0.2) is 109 Å². The Morgan fingerprint density at radius 2 is 1.14 bits per heavy atom. The summed E-state index contributed by atoms with van der Waals surface area (Å²) in [5.74, 6) is 0. The molecule has 0 amide bonds. The quantitative estimate of drug-likeness (QED) is 0.168. The van der Waals surface area contributed by atoms with Crippen LogP contribution in [0.3, 0.4) is 0 Å². The van der Waals surface area contributed by atoms with Gasteiger partial charge in [-0.15, -0.1) is 0 Å². The van der Waals surface area contributed by atoms with Gasteiger partial charge < -0.3 is 9.80 Å². The van der Waals surface area contributed by atoms with E-state index in [4.69, 9.17) is 9.97 Å². The number of rotatable bonds is 2. The molecule has 3 aliphatic rings. The van der Waals surface area contributed by atoms with Crippen molar-refractivity contribution in [2.75, 3.05) is 30.6 Å². The molecule has 0 radical (unpaired) electrons. The lowest BCUT2D eigenvalue weighted by Gasteiger charge is -2.41. The fraction of sp³-hybridized carbons (Fsp3) is 0.333. The molecule has 6 heteroatoms. The van der Waals surface area contributed by atoms with Gasteiger partial charge in [0.05, 0.1) is 47.7 Å². The zero-order chi connectivity index (χ0) is 34.5. The minimum atomic E-state index is -1.98. The standard InChI is InChI=1S/C45H49N4P2/c1-48-38-22-10-12-24-42(38)50(34-18-6-4-7-19-34)43-28-32-16-14-26-46-36(32)30-40(43)49(2)41-31-37-33(17-15-27-47-37)29-45(41)51(3,35-20-8-5-9-21-35)44-25-13-11-23-39(44)48/h10-17,22-31,34-35H,4-9,18-21H2,1-3H3/q+1. The molecule has 4 nitrogen and oxygen atoms in total. The second kappa shape index (κ2) is 13.6. The first-order valence-electron chi connectivity index (χ1n) is 19.1. The molecule has 0 N–H and O–H groups in total. The third kappa shape index (κ3) is 5.66. The zero-order valence-corrected chi connectivity index (χ0v) is 32.1. The maximum absolute atomic E-state index is 4.96. The van der Waals surface area contributed by atoms with Gasteiger partial charge in [0.25, 0.3) is 0 Å². The van der Waals surface area contributed by atoms with Crippen molar-refractivity contribution < 1.29 is 0 Å². The Morgan fingerprint density at radius 3 is 1.86 bits per heavy atom. The molecule has 0 spiro atoms. The lowest BCUT2D eigenvalue weighted by Crippen LogP contribution is -2.38. The summed E-state index contributed by atoms with van der Waals surface area (Å²) in [6, 6.07) is 37.6. The molecule has 6 aromatic rings. The molecule has 51 heavy (non-hydrogen) atoms. The SMILES string of the molecule is CN1c2ccccc2P(C2CCCCC2)c2cc3cccnc3cc2N(C)c2cc3ncccc3cc2[P+](C)(C2CCCCC2)c2ccccc21. The van der Waals surface area contributed by atoms with Crippen LogP contribution < -0.4 is 31.0 Å². The highest BCUT2D eigenvalue weighted by atomic mass is 31.2. The summed E-state index contributed by atoms with van der Waals surface area (Å²) >= 11 is 0. The smallest absolute Gasteiger partial charge is 0.123 e. The van der Waals surface area contributed by atoms with Crippen LogP contribution in [0.25, 0.3) is 21.8 Å². The number of anilines is 4. The number of nitrogens with zero attached hydrogens (tertiary/aromatic N) is 4. The summed E-state index contributed by atoms with van der Waals surface area (Å²) < 4.78 is 0. The molecule has 0 bridgehead atoms. The van der Waals surface area contributed by atoms with Crippen molar-refractivity contribution in [2.45, 2.75) is 75.5 Å². The first kappa shape index (κ1) is 33.0. The number of hydrogen-bond donors (Lipinski definition) is 0. The van der Waals surface area contributed by atoms with Crippen molar-refractivity contribution >= 4 is 81.0 Å². The Kier molecular flexibility index (Phi) is 8.82. The third-order valence-electron chi connectivity index (χ3n) is 12.4. The summed E-state index contributed by atoms with van der Waals surface area (Å²) in [4.78, 5) is 15.1. The average Bonchev–Trinajstić information content (AvgIpc) is 3.20. The Morgan fingerprint density at radius 1 is 0.549 bits per heavy atom. The molecule has 3 heterocycles. The molecule has 2 saturated carbocycles. The van der Waals surface area contributed by atoms with Crippen molar-refractivity contribution in [3.63, 3.8) is 0 Å². The van der Waals surface area contributed by atoms with Gasteiger partial charge in [-0.05, 0) is 107 Å². The van der Waals surface area contributed by atoms with Crippen LogP contribution in [0.5, 0.6) is 0 Å². The van der Waals surface area contributed by atoms with E-state index in [1.807, 2.05) is 12.4 Å². The van der Waals surface area contributed by atoms with Gasteiger partial charge in [-0.2, -0.15) is 0 Å². The second-order valence-corrected chi connectivity index (χ2v) is 21.5. The summed E-state index contributed by atoms with van der Waals surface area (Å²) in [6.07, 6.45) is 17.0. The predicted molar refractivity (Wildman–Crippen MR) is 225 cm³/mol. The van der Waals surface area contributed by atoms with E-state index in [0.717, 1.165) is 11.0 Å². The topological polar surface area (TPSA) is 32.3 Å². The lowest BCUT2D eigenvalue weighted by atomic mass is 10.0. The monoisotopic (exact) mass is 707 g/mol. The molecule has 2 aliphatic carbocycles. The van der Waals surface area contributed by atoms with Gasteiger partial charge in [0.1, 0.15) is 10.6 Å². The van der Waals surface area contributed by atoms with Crippen molar-refractivity contribution in [1.29, 1.82) is 0 Å². The molecule has 2 atom stereocenters. The van der Waals surface area contributed by atoms with Crippen molar-refractivity contribution in [3.8, 4) is 0 Å². The molecule has 9 rings (SSSR count). The summed E-state index contributed by atoms with van der Waals surface area (Å²) in [7, 11) is 2.00. The molecule has 1 aliphatic heterocycles. The molecule has 2 fully saturated rings. The molecule has 2 unspecified atom stereocenters. The molecule has 4 aromatic carbocycles. The Hall–Kier alpha value is -3.84. The van der Waals surface area contributed by atoms with Crippen LogP contribution in [0.2, 0.25) is 0 Å². The molecular formula is C45H49N4P2+. The number of para-hydroxylation sites is 2. The number of pyridine rings is 2. The molecule has 2 aromatic heterocycles. The van der Waals surface area contributed by atoms with E-state index in [1.165, 1.54) is 119 Å². The second-order valence-electron chi connectivity index (χ2n) is 15.2. The predicted octanol–water partition coefficient (Wildman–Crippen LogP) is 10.3. The Balaban J connectivity index is 1.43. The first-order valence-corrected chi connectivity index (χ1v) is 22.8. The van der Waals surface area contributed by atoms with Crippen LogP contribution in [0, 0.1) is 0 Å². The fourth-order valence-corrected chi connectivity index (χ4v) is 17.7. The van der Waals surface area contributed by atoms with E-state index in [1.54, 1.807) is 0 Å². The van der Waals surface area contributed by atoms with Gasteiger partial charge >= 0.3 is 0 Å². The van der Waals surface area contributed by atoms with Crippen LogP contribution in [-0.2, 0) is 0 Å². The van der Waals surface area contributed by atoms with E-state index >= 15 is 0 Å². The summed E-state index contributed by atoms with van der Waals surface area (Å²) in [5.41, 5.74) is 8.72. The van der Waals surface area contributed by atoms with E-state index in [-0.39, 0.29) is 0 Å². The average molecular weight is 708 g/mol. The third-order valence-corrected chi connectivity index (χ3v) is 20.1. The highest BCUT2D eigenvalue weighted by Crippen LogP contribution is 2.65. The van der Waals surface area contributed by atoms with Gasteiger partial charge in [-0.1, -0.05) is 68.1 Å². The number of aromatic nitrogens is 2. The Bertz CT molecular complexity index is 2220. The van der Waals surface area contributed by atoms with Crippen LogP contribution >= 0.6 is 15.2 Å². The van der Waals surface area contributed by atoms with Crippen LogP contribution in [-0.4, -0.2) is 42.0 Å².